The molecular formula is C18H17NO5. The Hall–Kier alpha value is -2.86. The smallest absolute Gasteiger partial charge is 0.310 e. The molecule has 0 aliphatic rings. The Morgan fingerprint density at radius 3 is 2.46 bits per heavy atom. The Balaban J connectivity index is 1.93. The molecular weight excluding hydrogens is 310 g/mol. The molecule has 0 bridgehead atoms. The van der Waals surface area contributed by atoms with E-state index < -0.39 is 18.0 Å². The second-order valence-electron chi connectivity index (χ2n) is 5.51. The number of aliphatic hydroxyl groups excluding tert-OH is 1. The number of nitrogens with zero attached hydrogens (tertiary/aromatic N) is 1. The minimum Gasteiger partial charge on any atom is -0.497 e. The second kappa shape index (κ2) is 6.33. The fourth-order valence-electron chi connectivity index (χ4n) is 2.42. The molecule has 124 valence electrons. The average molecular weight is 327 g/mol. The highest BCUT2D eigenvalue weighted by Gasteiger charge is 2.19. The molecule has 0 aliphatic heterocycles. The summed E-state index contributed by atoms with van der Waals surface area (Å²) in [7, 11) is 1.57. The van der Waals surface area contributed by atoms with E-state index in [-0.39, 0.29) is 5.89 Å². The summed E-state index contributed by atoms with van der Waals surface area (Å²) in [6.07, 6.45) is -1.01. The van der Waals surface area contributed by atoms with Crippen LogP contribution in [0.15, 0.2) is 46.9 Å². The van der Waals surface area contributed by atoms with Gasteiger partial charge >= 0.3 is 5.97 Å². The number of fused-ring (bicyclic) bond motifs is 1. The van der Waals surface area contributed by atoms with Crippen molar-refractivity contribution in [2.24, 2.45) is 0 Å². The molecule has 2 atom stereocenters. The molecule has 3 rings (SSSR count). The molecule has 0 spiro atoms. The standard InChI is InChI=1S/C18H17NO5/c1-10(18(21)22)12-5-8-14-15(9-12)24-17(19-14)16(20)11-3-6-13(23-2)7-4-11/h3-10,16,20H,1-2H3,(H,21,22). The van der Waals surface area contributed by atoms with E-state index in [9.17, 15) is 9.90 Å². The fourth-order valence-corrected chi connectivity index (χ4v) is 2.42. The van der Waals surface area contributed by atoms with E-state index in [2.05, 4.69) is 4.98 Å². The van der Waals surface area contributed by atoms with Crippen LogP contribution in [0.1, 0.15) is 36.0 Å². The van der Waals surface area contributed by atoms with Crippen LogP contribution in [-0.2, 0) is 4.79 Å². The molecule has 0 saturated carbocycles. The molecule has 24 heavy (non-hydrogen) atoms. The third-order valence-corrected chi connectivity index (χ3v) is 3.96. The Labute approximate surface area is 138 Å². The lowest BCUT2D eigenvalue weighted by Crippen LogP contribution is -2.06. The highest BCUT2D eigenvalue weighted by atomic mass is 16.5. The third-order valence-electron chi connectivity index (χ3n) is 3.96. The summed E-state index contributed by atoms with van der Waals surface area (Å²) in [4.78, 5) is 15.4. The van der Waals surface area contributed by atoms with Crippen molar-refractivity contribution in [1.82, 2.24) is 4.98 Å². The van der Waals surface area contributed by atoms with Gasteiger partial charge in [-0.05, 0) is 42.3 Å². The number of oxazole rings is 1. The maximum Gasteiger partial charge on any atom is 0.310 e. The third kappa shape index (κ3) is 2.96. The Kier molecular flexibility index (Phi) is 4.22. The van der Waals surface area contributed by atoms with Gasteiger partial charge in [0.1, 0.15) is 11.3 Å². The molecule has 6 heteroatoms. The van der Waals surface area contributed by atoms with Crippen LogP contribution in [0, 0.1) is 0 Å². The number of aromatic nitrogens is 1. The van der Waals surface area contributed by atoms with Crippen molar-refractivity contribution in [3.8, 4) is 5.75 Å². The summed E-state index contributed by atoms with van der Waals surface area (Å²) in [5, 5.41) is 19.5. The van der Waals surface area contributed by atoms with Crippen LogP contribution in [0.3, 0.4) is 0 Å². The Morgan fingerprint density at radius 1 is 1.17 bits per heavy atom. The van der Waals surface area contributed by atoms with Crippen LogP contribution in [-0.4, -0.2) is 28.3 Å². The average Bonchev–Trinajstić information content (AvgIpc) is 3.03. The zero-order chi connectivity index (χ0) is 17.3. The van der Waals surface area contributed by atoms with E-state index in [1.165, 1.54) is 0 Å². The number of carboxylic acid groups (broad SMARTS) is 1. The van der Waals surface area contributed by atoms with E-state index in [4.69, 9.17) is 14.3 Å². The van der Waals surface area contributed by atoms with Crippen molar-refractivity contribution in [3.63, 3.8) is 0 Å². The number of hydrogen-bond donors (Lipinski definition) is 2. The monoisotopic (exact) mass is 327 g/mol. The number of carbonyl (C=O) groups is 1. The van der Waals surface area contributed by atoms with Gasteiger partial charge in [-0.15, -0.1) is 0 Å². The maximum absolute atomic E-state index is 11.1. The van der Waals surface area contributed by atoms with Gasteiger partial charge < -0.3 is 19.4 Å². The summed E-state index contributed by atoms with van der Waals surface area (Å²) < 4.78 is 10.7. The number of rotatable bonds is 5. The van der Waals surface area contributed by atoms with Gasteiger partial charge in [0.15, 0.2) is 11.7 Å². The highest BCUT2D eigenvalue weighted by molar-refractivity contribution is 5.79. The number of benzene rings is 2. The predicted molar refractivity (Wildman–Crippen MR) is 87.1 cm³/mol. The lowest BCUT2D eigenvalue weighted by atomic mass is 10.0. The molecule has 1 aromatic heterocycles. The molecule has 0 radical (unpaired) electrons. The molecule has 1 heterocycles. The first-order valence-electron chi connectivity index (χ1n) is 7.45. The molecule has 2 aromatic carbocycles. The molecule has 3 aromatic rings. The zero-order valence-electron chi connectivity index (χ0n) is 13.3. The zero-order valence-corrected chi connectivity index (χ0v) is 13.3. The van der Waals surface area contributed by atoms with Gasteiger partial charge in [-0.1, -0.05) is 18.2 Å². The van der Waals surface area contributed by atoms with Crippen LogP contribution in [0.5, 0.6) is 5.75 Å². The molecule has 2 unspecified atom stereocenters. The first-order valence-corrected chi connectivity index (χ1v) is 7.45. The first kappa shape index (κ1) is 16.0. The molecule has 6 nitrogen and oxygen atoms in total. The molecule has 0 amide bonds. The summed E-state index contributed by atoms with van der Waals surface area (Å²) in [5.74, 6) is -0.701. The number of methoxy groups -OCH3 is 1. The summed E-state index contributed by atoms with van der Waals surface area (Å²) in [6.45, 7) is 1.60. The van der Waals surface area contributed by atoms with Crippen molar-refractivity contribution in [2.75, 3.05) is 7.11 Å². The molecule has 0 fully saturated rings. The number of aliphatic hydroxyl groups is 1. The number of aliphatic carboxylic acids is 1. The van der Waals surface area contributed by atoms with E-state index in [1.807, 2.05) is 0 Å². The Morgan fingerprint density at radius 2 is 1.83 bits per heavy atom. The number of hydrogen-bond acceptors (Lipinski definition) is 5. The van der Waals surface area contributed by atoms with Crippen molar-refractivity contribution < 1.29 is 24.2 Å². The van der Waals surface area contributed by atoms with Gasteiger partial charge in [-0.3, -0.25) is 4.79 Å². The topological polar surface area (TPSA) is 92.8 Å². The minimum absolute atomic E-state index is 0.162. The SMILES string of the molecule is COc1ccc(C(O)c2nc3ccc(C(C)C(=O)O)cc3o2)cc1. The van der Waals surface area contributed by atoms with E-state index in [0.29, 0.717) is 28.0 Å². The van der Waals surface area contributed by atoms with Crippen LogP contribution < -0.4 is 4.74 Å². The van der Waals surface area contributed by atoms with Gasteiger partial charge in [0.2, 0.25) is 5.89 Å². The van der Waals surface area contributed by atoms with Crippen molar-refractivity contribution in [2.45, 2.75) is 18.9 Å². The molecule has 2 N–H and O–H groups in total. The fraction of sp³-hybridized carbons (Fsp3) is 0.222. The number of ether oxygens (including phenoxy) is 1. The van der Waals surface area contributed by atoms with Crippen molar-refractivity contribution in [3.05, 3.63) is 59.5 Å². The van der Waals surface area contributed by atoms with Crippen LogP contribution in [0.25, 0.3) is 11.1 Å². The second-order valence-corrected chi connectivity index (χ2v) is 5.51. The van der Waals surface area contributed by atoms with Crippen molar-refractivity contribution in [1.29, 1.82) is 0 Å². The first-order chi connectivity index (χ1) is 11.5. The lowest BCUT2D eigenvalue weighted by molar-refractivity contribution is -0.138. The van der Waals surface area contributed by atoms with E-state index in [0.717, 1.165) is 0 Å². The van der Waals surface area contributed by atoms with Gasteiger partial charge in [0.25, 0.3) is 0 Å². The van der Waals surface area contributed by atoms with Crippen LogP contribution in [0.2, 0.25) is 0 Å². The predicted octanol–water partition coefficient (Wildman–Crippen LogP) is 3.11. The van der Waals surface area contributed by atoms with Crippen LogP contribution >= 0.6 is 0 Å². The van der Waals surface area contributed by atoms with E-state index in [1.54, 1.807) is 56.5 Å². The highest BCUT2D eigenvalue weighted by Crippen LogP contribution is 2.28. The van der Waals surface area contributed by atoms with E-state index >= 15 is 0 Å². The quantitative estimate of drug-likeness (QED) is 0.748. The molecule has 0 saturated heterocycles. The summed E-state index contributed by atoms with van der Waals surface area (Å²) in [6, 6.07) is 12.0. The normalized spacial score (nSPS) is 13.6. The molecule has 0 aliphatic carbocycles. The van der Waals surface area contributed by atoms with Gasteiger partial charge in [-0.2, -0.15) is 0 Å². The van der Waals surface area contributed by atoms with Gasteiger partial charge in [0.05, 0.1) is 13.0 Å². The number of carboxylic acids is 1. The largest absolute Gasteiger partial charge is 0.497 e. The van der Waals surface area contributed by atoms with Gasteiger partial charge in [-0.25, -0.2) is 4.98 Å². The van der Waals surface area contributed by atoms with Crippen LogP contribution in [0.4, 0.5) is 0 Å². The Bertz CT molecular complexity index is 869. The summed E-state index contributed by atoms with van der Waals surface area (Å²) >= 11 is 0. The van der Waals surface area contributed by atoms with Crippen molar-refractivity contribution >= 4 is 17.1 Å². The maximum atomic E-state index is 11.1. The lowest BCUT2D eigenvalue weighted by Gasteiger charge is -2.07. The summed E-state index contributed by atoms with van der Waals surface area (Å²) in [5.41, 5.74) is 2.26. The van der Waals surface area contributed by atoms with Gasteiger partial charge in [0, 0.05) is 0 Å². The minimum atomic E-state index is -1.01.